The minimum Gasteiger partial charge on any atom is -0.469 e. The lowest BCUT2D eigenvalue weighted by Crippen LogP contribution is -2.26. The van der Waals surface area contributed by atoms with E-state index in [1.165, 1.54) is 7.11 Å². The van der Waals surface area contributed by atoms with Crippen LogP contribution in [0.3, 0.4) is 0 Å². The van der Waals surface area contributed by atoms with Crippen LogP contribution >= 0.6 is 0 Å². The number of carbonyl (C=O) groups is 2. The quantitative estimate of drug-likeness (QED) is 0.374. The summed E-state index contributed by atoms with van der Waals surface area (Å²) in [5.74, 6) is -0.840. The minimum atomic E-state index is -0.520. The van der Waals surface area contributed by atoms with Gasteiger partial charge in [-0.25, -0.2) is 0 Å². The summed E-state index contributed by atoms with van der Waals surface area (Å²) in [5, 5.41) is 2.52. The maximum absolute atomic E-state index is 10.8. The topological polar surface area (TPSA) is 55.4 Å². The number of hydrogen-bond acceptors (Lipinski definition) is 3. The molecule has 0 unspecified atom stereocenters. The Morgan fingerprint density at radius 3 is 2.67 bits per heavy atom. The van der Waals surface area contributed by atoms with Crippen LogP contribution in [-0.2, 0) is 14.3 Å². The number of allylic oxidation sites excluding steroid dienone is 1. The smallest absolute Gasteiger partial charge is 0.315 e. The van der Waals surface area contributed by atoms with E-state index in [0.29, 0.717) is 6.54 Å². The molecule has 0 saturated heterocycles. The number of rotatable bonds is 4. The lowest BCUT2D eigenvalue weighted by molar-refractivity contribution is -0.143. The second-order valence-electron chi connectivity index (χ2n) is 2.13. The van der Waals surface area contributed by atoms with Gasteiger partial charge in [-0.1, -0.05) is 12.2 Å². The van der Waals surface area contributed by atoms with Crippen molar-refractivity contribution in [1.82, 2.24) is 5.32 Å². The highest BCUT2D eigenvalue weighted by atomic mass is 16.5. The predicted octanol–water partition coefficient (Wildman–Crippen LogP) is 0.242. The Balaban J connectivity index is 3.53. The normalized spacial score (nSPS) is 9.83. The fourth-order valence-corrected chi connectivity index (χ4v) is 0.556. The maximum atomic E-state index is 10.8. The summed E-state index contributed by atoms with van der Waals surface area (Å²) in [5.41, 5.74) is 0. The summed E-state index contributed by atoms with van der Waals surface area (Å²) >= 11 is 0. The molecule has 0 bridgehead atoms. The zero-order valence-electron chi connectivity index (χ0n) is 7.29. The van der Waals surface area contributed by atoms with Gasteiger partial charge in [0.15, 0.2) is 0 Å². The molecule has 4 heteroatoms. The van der Waals surface area contributed by atoms with Crippen LogP contribution in [0.25, 0.3) is 0 Å². The minimum absolute atomic E-state index is 0.214. The zero-order chi connectivity index (χ0) is 9.40. The lowest BCUT2D eigenvalue weighted by Gasteiger charge is -1.99. The van der Waals surface area contributed by atoms with E-state index in [0.717, 1.165) is 0 Å². The van der Waals surface area contributed by atoms with Gasteiger partial charge in [0, 0.05) is 6.54 Å². The Labute approximate surface area is 71.6 Å². The molecule has 0 aromatic heterocycles. The Bertz CT molecular complexity index is 187. The van der Waals surface area contributed by atoms with E-state index in [1.54, 1.807) is 6.08 Å². The number of nitrogens with one attached hydrogen (secondary N) is 1. The van der Waals surface area contributed by atoms with Crippen molar-refractivity contribution in [2.45, 2.75) is 13.3 Å². The first-order valence-electron chi connectivity index (χ1n) is 3.65. The number of methoxy groups -OCH3 is 1. The van der Waals surface area contributed by atoms with Gasteiger partial charge >= 0.3 is 5.97 Å². The van der Waals surface area contributed by atoms with Crippen molar-refractivity contribution < 1.29 is 14.3 Å². The van der Waals surface area contributed by atoms with Gasteiger partial charge in [0.1, 0.15) is 6.42 Å². The van der Waals surface area contributed by atoms with Crippen LogP contribution in [0.15, 0.2) is 12.2 Å². The van der Waals surface area contributed by atoms with Crippen molar-refractivity contribution in [2.75, 3.05) is 13.7 Å². The fourth-order valence-electron chi connectivity index (χ4n) is 0.556. The molecule has 0 heterocycles. The first-order valence-corrected chi connectivity index (χ1v) is 3.65. The van der Waals surface area contributed by atoms with Gasteiger partial charge in [-0.2, -0.15) is 0 Å². The summed E-state index contributed by atoms with van der Waals surface area (Å²) in [4.78, 5) is 21.4. The van der Waals surface area contributed by atoms with Crippen LogP contribution < -0.4 is 5.32 Å². The van der Waals surface area contributed by atoms with Crippen molar-refractivity contribution in [3.05, 3.63) is 12.2 Å². The van der Waals surface area contributed by atoms with Crippen LogP contribution in [0, 0.1) is 0 Å². The lowest BCUT2D eigenvalue weighted by atomic mass is 10.4. The third kappa shape index (κ3) is 5.46. The second-order valence-corrected chi connectivity index (χ2v) is 2.13. The molecule has 0 spiro atoms. The highest BCUT2D eigenvalue weighted by Crippen LogP contribution is 1.83. The predicted molar refractivity (Wildman–Crippen MR) is 44.5 cm³/mol. The highest BCUT2D eigenvalue weighted by Gasteiger charge is 2.06. The molecular weight excluding hydrogens is 158 g/mol. The van der Waals surface area contributed by atoms with E-state index in [-0.39, 0.29) is 12.3 Å². The van der Waals surface area contributed by atoms with Gasteiger partial charge in [-0.3, -0.25) is 9.59 Å². The number of carbonyl (C=O) groups excluding carboxylic acids is 2. The molecule has 0 atom stereocenters. The molecule has 0 fully saturated rings. The Morgan fingerprint density at radius 1 is 1.50 bits per heavy atom. The van der Waals surface area contributed by atoms with Gasteiger partial charge in [0.05, 0.1) is 7.11 Å². The number of amides is 1. The molecule has 0 aliphatic rings. The molecule has 4 nitrogen and oxygen atoms in total. The summed E-state index contributed by atoms with van der Waals surface area (Å²) in [6.45, 7) is 2.30. The fraction of sp³-hybridized carbons (Fsp3) is 0.500. The summed E-state index contributed by atoms with van der Waals surface area (Å²) in [6, 6.07) is 0. The molecule has 0 aromatic rings. The van der Waals surface area contributed by atoms with Gasteiger partial charge in [0.2, 0.25) is 5.91 Å². The first kappa shape index (κ1) is 10.7. The van der Waals surface area contributed by atoms with Crippen molar-refractivity contribution in [3.63, 3.8) is 0 Å². The van der Waals surface area contributed by atoms with Crippen LogP contribution in [-0.4, -0.2) is 25.5 Å². The molecule has 1 amide bonds. The zero-order valence-corrected chi connectivity index (χ0v) is 7.29. The van der Waals surface area contributed by atoms with E-state index in [1.807, 2.05) is 13.0 Å². The molecule has 0 aromatic carbocycles. The average Bonchev–Trinajstić information content (AvgIpc) is 2.05. The highest BCUT2D eigenvalue weighted by molar-refractivity contribution is 5.94. The third-order valence-electron chi connectivity index (χ3n) is 1.19. The number of ether oxygens (including phenoxy) is 1. The molecule has 68 valence electrons. The second kappa shape index (κ2) is 6.39. The molecule has 0 rings (SSSR count). The standard InChI is InChI=1S/C8H13NO3/c1-3-4-5-9-7(10)6-8(11)12-2/h3-4H,5-6H2,1-2H3,(H,9,10)/b4-3+. The first-order chi connectivity index (χ1) is 5.70. The molecule has 12 heavy (non-hydrogen) atoms. The molecular formula is C8H13NO3. The monoisotopic (exact) mass is 171 g/mol. The molecule has 0 radical (unpaired) electrons. The Hall–Kier alpha value is -1.32. The van der Waals surface area contributed by atoms with Gasteiger partial charge in [-0.15, -0.1) is 0 Å². The Morgan fingerprint density at radius 2 is 2.17 bits per heavy atom. The van der Waals surface area contributed by atoms with E-state index in [4.69, 9.17) is 0 Å². The number of esters is 1. The van der Waals surface area contributed by atoms with Gasteiger partial charge in [-0.05, 0) is 6.92 Å². The van der Waals surface area contributed by atoms with E-state index in [9.17, 15) is 9.59 Å². The van der Waals surface area contributed by atoms with Gasteiger partial charge < -0.3 is 10.1 Å². The van der Waals surface area contributed by atoms with E-state index < -0.39 is 5.97 Å². The third-order valence-corrected chi connectivity index (χ3v) is 1.19. The summed E-state index contributed by atoms with van der Waals surface area (Å²) in [7, 11) is 1.25. The average molecular weight is 171 g/mol. The van der Waals surface area contributed by atoms with Gasteiger partial charge in [0.25, 0.3) is 0 Å². The molecule has 1 N–H and O–H groups in total. The van der Waals surface area contributed by atoms with Crippen LogP contribution in [0.2, 0.25) is 0 Å². The maximum Gasteiger partial charge on any atom is 0.315 e. The Kier molecular flexibility index (Phi) is 5.69. The SMILES string of the molecule is C/C=C/CNC(=O)CC(=O)OC. The van der Waals surface area contributed by atoms with Crippen LogP contribution in [0.5, 0.6) is 0 Å². The summed E-state index contributed by atoms with van der Waals surface area (Å²) in [6.07, 6.45) is 3.39. The van der Waals surface area contributed by atoms with Crippen molar-refractivity contribution in [2.24, 2.45) is 0 Å². The largest absolute Gasteiger partial charge is 0.469 e. The van der Waals surface area contributed by atoms with Crippen molar-refractivity contribution >= 4 is 11.9 Å². The molecule has 0 aliphatic carbocycles. The van der Waals surface area contributed by atoms with E-state index >= 15 is 0 Å². The number of hydrogen-bond donors (Lipinski definition) is 1. The van der Waals surface area contributed by atoms with Crippen LogP contribution in [0.1, 0.15) is 13.3 Å². The van der Waals surface area contributed by atoms with Crippen molar-refractivity contribution in [3.8, 4) is 0 Å². The van der Waals surface area contributed by atoms with E-state index in [2.05, 4.69) is 10.1 Å². The molecule has 0 saturated carbocycles. The van der Waals surface area contributed by atoms with Crippen molar-refractivity contribution in [1.29, 1.82) is 0 Å². The summed E-state index contributed by atoms with van der Waals surface area (Å²) < 4.78 is 4.31. The van der Waals surface area contributed by atoms with Crippen LogP contribution in [0.4, 0.5) is 0 Å². The molecule has 0 aliphatic heterocycles.